The monoisotopic (exact) mass is 269 g/mol. The molecular formula is C17H35NO. The molecule has 0 aromatic heterocycles. The molecular weight excluding hydrogens is 234 g/mol. The Bertz CT molecular complexity index is 221. The molecule has 19 heavy (non-hydrogen) atoms. The molecule has 1 N–H and O–H groups in total. The van der Waals surface area contributed by atoms with Crippen LogP contribution in [0.5, 0.6) is 0 Å². The molecule has 0 spiro atoms. The van der Waals surface area contributed by atoms with E-state index in [1.54, 1.807) is 0 Å². The van der Waals surface area contributed by atoms with Gasteiger partial charge in [0.25, 0.3) is 0 Å². The zero-order chi connectivity index (χ0) is 14.1. The third kappa shape index (κ3) is 5.07. The molecule has 1 saturated carbocycles. The zero-order valence-corrected chi connectivity index (χ0v) is 13.6. The van der Waals surface area contributed by atoms with Crippen LogP contribution in [0.1, 0.15) is 78.6 Å². The molecule has 0 aromatic rings. The van der Waals surface area contributed by atoms with Crippen molar-refractivity contribution in [2.75, 3.05) is 13.7 Å². The number of hydrogen-bond acceptors (Lipinski definition) is 2. The van der Waals surface area contributed by atoms with Crippen LogP contribution in [-0.4, -0.2) is 25.3 Å². The van der Waals surface area contributed by atoms with Crippen molar-refractivity contribution in [3.8, 4) is 0 Å². The Morgan fingerprint density at radius 3 is 2.37 bits per heavy atom. The lowest BCUT2D eigenvalue weighted by molar-refractivity contribution is -0.0768. The van der Waals surface area contributed by atoms with Crippen LogP contribution < -0.4 is 5.32 Å². The first-order chi connectivity index (χ1) is 9.18. The fourth-order valence-electron chi connectivity index (χ4n) is 3.41. The van der Waals surface area contributed by atoms with Crippen LogP contribution in [0, 0.1) is 5.92 Å². The van der Waals surface area contributed by atoms with E-state index in [-0.39, 0.29) is 5.60 Å². The summed E-state index contributed by atoms with van der Waals surface area (Å²) in [6, 6.07) is 0.552. The van der Waals surface area contributed by atoms with Crippen LogP contribution in [0.3, 0.4) is 0 Å². The van der Waals surface area contributed by atoms with Gasteiger partial charge in [0.15, 0.2) is 0 Å². The molecule has 0 aliphatic heterocycles. The van der Waals surface area contributed by atoms with Crippen molar-refractivity contribution in [2.24, 2.45) is 5.92 Å². The van der Waals surface area contributed by atoms with Gasteiger partial charge in [0.2, 0.25) is 0 Å². The Labute approximate surface area is 120 Å². The van der Waals surface area contributed by atoms with Crippen LogP contribution in [0.25, 0.3) is 0 Å². The fraction of sp³-hybridized carbons (Fsp3) is 1.00. The molecule has 1 aliphatic carbocycles. The first kappa shape index (κ1) is 17.0. The number of rotatable bonds is 9. The van der Waals surface area contributed by atoms with Gasteiger partial charge in [0.1, 0.15) is 0 Å². The van der Waals surface area contributed by atoms with E-state index in [4.69, 9.17) is 4.74 Å². The van der Waals surface area contributed by atoms with E-state index >= 15 is 0 Å². The average molecular weight is 269 g/mol. The van der Waals surface area contributed by atoms with Crippen molar-refractivity contribution in [3.05, 3.63) is 0 Å². The van der Waals surface area contributed by atoms with Crippen LogP contribution in [0.15, 0.2) is 0 Å². The summed E-state index contributed by atoms with van der Waals surface area (Å²) in [4.78, 5) is 0. The molecule has 0 amide bonds. The summed E-state index contributed by atoms with van der Waals surface area (Å²) >= 11 is 0. The maximum Gasteiger partial charge on any atom is 0.0831 e. The minimum atomic E-state index is 0.107. The molecule has 1 atom stereocenters. The van der Waals surface area contributed by atoms with Crippen molar-refractivity contribution in [1.29, 1.82) is 0 Å². The van der Waals surface area contributed by atoms with Crippen LogP contribution in [0.2, 0.25) is 0 Å². The van der Waals surface area contributed by atoms with E-state index in [9.17, 15) is 0 Å². The normalized spacial score (nSPS) is 29.4. The minimum Gasteiger partial charge on any atom is -0.377 e. The lowest BCUT2D eigenvalue weighted by Crippen LogP contribution is -2.54. The molecule has 0 bridgehead atoms. The summed E-state index contributed by atoms with van der Waals surface area (Å²) in [5, 5.41) is 3.78. The van der Waals surface area contributed by atoms with Crippen molar-refractivity contribution in [1.82, 2.24) is 5.32 Å². The highest BCUT2D eigenvalue weighted by molar-refractivity contribution is 4.96. The molecule has 1 fully saturated rings. The summed E-state index contributed by atoms with van der Waals surface area (Å²) < 4.78 is 6.05. The molecule has 1 unspecified atom stereocenters. The zero-order valence-electron chi connectivity index (χ0n) is 13.6. The summed E-state index contributed by atoms with van der Waals surface area (Å²) in [5.74, 6) is 0.880. The number of hydrogen-bond donors (Lipinski definition) is 1. The Kier molecular flexibility index (Phi) is 8.01. The van der Waals surface area contributed by atoms with Gasteiger partial charge in [0, 0.05) is 13.2 Å². The van der Waals surface area contributed by atoms with Gasteiger partial charge in [-0.1, -0.05) is 40.0 Å². The Morgan fingerprint density at radius 2 is 1.84 bits per heavy atom. The van der Waals surface area contributed by atoms with Crippen molar-refractivity contribution < 1.29 is 4.74 Å². The number of nitrogens with one attached hydrogen (secondary N) is 1. The highest BCUT2D eigenvalue weighted by Crippen LogP contribution is 2.38. The largest absolute Gasteiger partial charge is 0.377 e. The second kappa shape index (κ2) is 8.97. The first-order valence-electron chi connectivity index (χ1n) is 8.47. The molecule has 1 aliphatic rings. The summed E-state index contributed by atoms with van der Waals surface area (Å²) in [5.41, 5.74) is 0.107. The van der Waals surface area contributed by atoms with Crippen LogP contribution in [0.4, 0.5) is 0 Å². The fourth-order valence-corrected chi connectivity index (χ4v) is 3.41. The second-order valence-corrected chi connectivity index (χ2v) is 6.45. The van der Waals surface area contributed by atoms with Crippen LogP contribution >= 0.6 is 0 Å². The highest BCUT2D eigenvalue weighted by Gasteiger charge is 2.40. The molecule has 0 saturated heterocycles. The first-order valence-corrected chi connectivity index (χ1v) is 8.47. The van der Waals surface area contributed by atoms with Gasteiger partial charge in [0.05, 0.1) is 5.60 Å². The van der Waals surface area contributed by atoms with E-state index in [2.05, 4.69) is 26.1 Å². The quantitative estimate of drug-likeness (QED) is 0.621. The predicted molar refractivity (Wildman–Crippen MR) is 83.6 cm³/mol. The summed E-state index contributed by atoms with van der Waals surface area (Å²) in [7, 11) is 1.93. The molecule has 114 valence electrons. The molecule has 0 heterocycles. The van der Waals surface area contributed by atoms with Crippen molar-refractivity contribution in [2.45, 2.75) is 90.2 Å². The Morgan fingerprint density at radius 1 is 1.16 bits per heavy atom. The van der Waals surface area contributed by atoms with Gasteiger partial charge in [-0.2, -0.15) is 0 Å². The summed E-state index contributed by atoms with van der Waals surface area (Å²) in [6.45, 7) is 8.03. The highest BCUT2D eigenvalue weighted by atomic mass is 16.5. The van der Waals surface area contributed by atoms with E-state index in [0.29, 0.717) is 6.04 Å². The standard InChI is InChI=1S/C17H35NO/c1-5-7-8-9-16(18-14-6-2)17(19-4)12-10-15(3)11-13-17/h15-16,18H,5-14H2,1-4H3. The smallest absolute Gasteiger partial charge is 0.0831 e. The summed E-state index contributed by atoms with van der Waals surface area (Å²) in [6.07, 6.45) is 11.6. The minimum absolute atomic E-state index is 0.107. The van der Waals surface area contributed by atoms with Crippen molar-refractivity contribution in [3.63, 3.8) is 0 Å². The SMILES string of the molecule is CCCCCC(NCCC)C1(OC)CCC(C)CC1. The van der Waals surface area contributed by atoms with Gasteiger partial charge >= 0.3 is 0 Å². The second-order valence-electron chi connectivity index (χ2n) is 6.45. The Hall–Kier alpha value is -0.0800. The van der Waals surface area contributed by atoms with Crippen molar-refractivity contribution >= 4 is 0 Å². The maximum atomic E-state index is 6.05. The molecule has 2 heteroatoms. The maximum absolute atomic E-state index is 6.05. The van der Waals surface area contributed by atoms with Gasteiger partial charge < -0.3 is 10.1 Å². The number of ether oxygens (including phenoxy) is 1. The van der Waals surface area contributed by atoms with Crippen LogP contribution in [-0.2, 0) is 4.74 Å². The molecule has 2 nitrogen and oxygen atoms in total. The van der Waals surface area contributed by atoms with Gasteiger partial charge in [-0.15, -0.1) is 0 Å². The topological polar surface area (TPSA) is 21.3 Å². The molecule has 1 rings (SSSR count). The van der Waals surface area contributed by atoms with Gasteiger partial charge in [-0.05, 0) is 51.0 Å². The molecule has 0 radical (unpaired) electrons. The third-order valence-corrected chi connectivity index (χ3v) is 4.90. The van der Waals surface area contributed by atoms with Gasteiger partial charge in [-0.25, -0.2) is 0 Å². The Balaban J connectivity index is 2.62. The lowest BCUT2D eigenvalue weighted by Gasteiger charge is -2.44. The van der Waals surface area contributed by atoms with E-state index in [1.165, 1.54) is 57.8 Å². The third-order valence-electron chi connectivity index (χ3n) is 4.90. The predicted octanol–water partition coefficient (Wildman–Crippen LogP) is 4.53. The van der Waals surface area contributed by atoms with E-state index in [0.717, 1.165) is 12.5 Å². The van der Waals surface area contributed by atoms with E-state index < -0.39 is 0 Å². The molecule has 0 aromatic carbocycles. The average Bonchev–Trinajstić information content (AvgIpc) is 2.44. The van der Waals surface area contributed by atoms with Gasteiger partial charge in [-0.3, -0.25) is 0 Å². The number of methoxy groups -OCH3 is 1. The number of unbranched alkanes of at least 4 members (excludes halogenated alkanes) is 2. The lowest BCUT2D eigenvalue weighted by atomic mass is 9.74. The van der Waals surface area contributed by atoms with E-state index in [1.807, 2.05) is 7.11 Å².